The molecule has 1 heterocycles. The Morgan fingerprint density at radius 3 is 2.29 bits per heavy atom. The van der Waals surface area contributed by atoms with Crippen LogP contribution in [-0.4, -0.2) is 53.8 Å². The zero-order chi connectivity index (χ0) is 22.4. The highest BCUT2D eigenvalue weighted by Crippen LogP contribution is 2.22. The molecule has 1 saturated heterocycles. The molecule has 2 aromatic rings. The Bertz CT molecular complexity index is 934. The lowest BCUT2D eigenvalue weighted by Gasteiger charge is -2.34. The number of ether oxygens (including phenoxy) is 1. The van der Waals surface area contributed by atoms with Gasteiger partial charge >= 0.3 is 5.97 Å². The maximum Gasteiger partial charge on any atom is 0.338 e. The second kappa shape index (κ2) is 10.2. The molecule has 2 aromatic carbocycles. The van der Waals surface area contributed by atoms with E-state index in [2.05, 4.69) is 10.2 Å². The lowest BCUT2D eigenvalue weighted by molar-refractivity contribution is -0.130. The molecule has 0 spiro atoms. The van der Waals surface area contributed by atoms with Gasteiger partial charge in [0.15, 0.2) is 0 Å². The third-order valence-electron chi connectivity index (χ3n) is 5.37. The molecular formula is C24H29N3O4. The fraction of sp³-hybridized carbons (Fsp3) is 0.375. The average Bonchev–Trinajstić information content (AvgIpc) is 2.74. The molecule has 1 aliphatic rings. The number of nitrogens with one attached hydrogen (secondary N) is 1. The van der Waals surface area contributed by atoms with E-state index in [-0.39, 0.29) is 17.8 Å². The van der Waals surface area contributed by atoms with Crippen LogP contribution >= 0.6 is 0 Å². The summed E-state index contributed by atoms with van der Waals surface area (Å²) in [5.74, 6) is -0.416. The third-order valence-corrected chi connectivity index (χ3v) is 5.37. The van der Waals surface area contributed by atoms with Crippen molar-refractivity contribution in [3.05, 3.63) is 65.2 Å². The molecule has 2 amide bonds. The molecule has 0 bridgehead atoms. The molecular weight excluding hydrogens is 394 g/mol. The van der Waals surface area contributed by atoms with Crippen molar-refractivity contribution < 1.29 is 19.1 Å². The first-order valence-electron chi connectivity index (χ1n) is 10.5. The number of amides is 2. The van der Waals surface area contributed by atoms with Gasteiger partial charge in [0, 0.05) is 52.3 Å². The number of carbonyl (C=O) groups is 3. The number of benzene rings is 2. The highest BCUT2D eigenvalue weighted by atomic mass is 16.5. The van der Waals surface area contributed by atoms with Crippen LogP contribution in [0.2, 0.25) is 0 Å². The van der Waals surface area contributed by atoms with Gasteiger partial charge in [0.25, 0.3) is 0 Å². The Hall–Kier alpha value is -3.19. The molecule has 7 nitrogen and oxygen atoms in total. The first-order chi connectivity index (χ1) is 14.8. The number of piperazine rings is 1. The lowest BCUT2D eigenvalue weighted by atomic mass is 10.1. The highest BCUT2D eigenvalue weighted by molar-refractivity contribution is 5.90. The number of nitrogens with zero attached hydrogens (tertiary/aromatic N) is 2. The summed E-state index contributed by atoms with van der Waals surface area (Å²) < 4.78 is 5.61. The SMILES string of the molecule is CC(=O)Nc1cccc(C(C)OC(=O)c2ccc(CN3CCN(C(C)=O)CC3)cc2)c1. The van der Waals surface area contributed by atoms with Crippen molar-refractivity contribution in [3.8, 4) is 0 Å². The van der Waals surface area contributed by atoms with E-state index in [1.54, 1.807) is 38.1 Å². The predicted molar refractivity (Wildman–Crippen MR) is 119 cm³/mol. The third kappa shape index (κ3) is 6.39. The van der Waals surface area contributed by atoms with Crippen LogP contribution in [0, 0.1) is 0 Å². The molecule has 164 valence electrons. The van der Waals surface area contributed by atoms with Crippen LogP contribution < -0.4 is 5.32 Å². The summed E-state index contributed by atoms with van der Waals surface area (Å²) in [5.41, 5.74) is 3.08. The van der Waals surface area contributed by atoms with Crippen LogP contribution in [0.1, 0.15) is 48.4 Å². The van der Waals surface area contributed by atoms with Gasteiger partial charge in [-0.05, 0) is 42.3 Å². The summed E-state index contributed by atoms with van der Waals surface area (Å²) in [7, 11) is 0. The first-order valence-corrected chi connectivity index (χ1v) is 10.5. The van der Waals surface area contributed by atoms with E-state index in [9.17, 15) is 14.4 Å². The van der Waals surface area contributed by atoms with Gasteiger partial charge in [0.05, 0.1) is 5.56 Å². The number of esters is 1. The molecule has 1 N–H and O–H groups in total. The van der Waals surface area contributed by atoms with Gasteiger partial charge in [0.2, 0.25) is 11.8 Å². The molecule has 0 aliphatic carbocycles. The van der Waals surface area contributed by atoms with Crippen LogP contribution in [0.25, 0.3) is 0 Å². The topological polar surface area (TPSA) is 79.0 Å². The van der Waals surface area contributed by atoms with Crippen molar-refractivity contribution in [3.63, 3.8) is 0 Å². The molecule has 3 rings (SSSR count). The summed E-state index contributed by atoms with van der Waals surface area (Å²) in [5, 5.41) is 2.73. The Balaban J connectivity index is 1.54. The van der Waals surface area contributed by atoms with E-state index >= 15 is 0 Å². The van der Waals surface area contributed by atoms with Crippen molar-refractivity contribution in [1.82, 2.24) is 9.80 Å². The normalized spacial score (nSPS) is 15.3. The molecule has 1 atom stereocenters. The standard InChI is InChI=1S/C24H29N3O4/c1-17(22-5-4-6-23(15-22)25-18(2)28)31-24(30)21-9-7-20(8-10-21)16-26-11-13-27(14-12-26)19(3)29/h4-10,15,17H,11-14,16H2,1-3H3,(H,25,28). The van der Waals surface area contributed by atoms with Crippen molar-refractivity contribution in [2.75, 3.05) is 31.5 Å². The fourth-order valence-electron chi connectivity index (χ4n) is 3.59. The van der Waals surface area contributed by atoms with Gasteiger partial charge in [-0.15, -0.1) is 0 Å². The van der Waals surface area contributed by atoms with Crippen molar-refractivity contribution in [2.45, 2.75) is 33.4 Å². The smallest absolute Gasteiger partial charge is 0.338 e. The zero-order valence-electron chi connectivity index (χ0n) is 18.3. The Labute approximate surface area is 183 Å². The molecule has 0 saturated carbocycles. The summed E-state index contributed by atoms with van der Waals surface area (Å²) in [6.45, 7) is 8.84. The largest absolute Gasteiger partial charge is 0.454 e. The monoisotopic (exact) mass is 423 g/mol. The predicted octanol–water partition coefficient (Wildman–Crippen LogP) is 3.23. The second-order valence-corrected chi connectivity index (χ2v) is 7.83. The van der Waals surface area contributed by atoms with E-state index in [4.69, 9.17) is 4.74 Å². The number of rotatable bonds is 6. The van der Waals surface area contributed by atoms with E-state index in [0.29, 0.717) is 11.3 Å². The van der Waals surface area contributed by atoms with E-state index < -0.39 is 6.10 Å². The van der Waals surface area contributed by atoms with Crippen LogP contribution in [0.3, 0.4) is 0 Å². The number of anilines is 1. The molecule has 1 unspecified atom stereocenters. The quantitative estimate of drug-likeness (QED) is 0.722. The maximum atomic E-state index is 12.6. The second-order valence-electron chi connectivity index (χ2n) is 7.83. The minimum atomic E-state index is -0.446. The van der Waals surface area contributed by atoms with Gasteiger partial charge in [-0.1, -0.05) is 24.3 Å². The van der Waals surface area contributed by atoms with Gasteiger partial charge in [-0.25, -0.2) is 4.79 Å². The van der Waals surface area contributed by atoms with Crippen LogP contribution in [-0.2, 0) is 20.9 Å². The van der Waals surface area contributed by atoms with Gasteiger partial charge in [0.1, 0.15) is 6.10 Å². The molecule has 1 fully saturated rings. The van der Waals surface area contributed by atoms with Crippen LogP contribution in [0.15, 0.2) is 48.5 Å². The Morgan fingerprint density at radius 1 is 1.00 bits per heavy atom. The Morgan fingerprint density at radius 2 is 1.68 bits per heavy atom. The molecule has 0 aromatic heterocycles. The number of hydrogen-bond acceptors (Lipinski definition) is 5. The number of carbonyl (C=O) groups excluding carboxylic acids is 3. The maximum absolute atomic E-state index is 12.6. The summed E-state index contributed by atoms with van der Waals surface area (Å²) >= 11 is 0. The zero-order valence-corrected chi connectivity index (χ0v) is 18.3. The first kappa shape index (κ1) is 22.5. The summed E-state index contributed by atoms with van der Waals surface area (Å²) in [6, 6.07) is 14.7. The van der Waals surface area contributed by atoms with Crippen LogP contribution in [0.5, 0.6) is 0 Å². The molecule has 7 heteroatoms. The van der Waals surface area contributed by atoms with Crippen molar-refractivity contribution in [2.24, 2.45) is 0 Å². The van der Waals surface area contributed by atoms with Crippen molar-refractivity contribution in [1.29, 1.82) is 0 Å². The fourth-order valence-corrected chi connectivity index (χ4v) is 3.59. The van der Waals surface area contributed by atoms with Gasteiger partial charge in [-0.2, -0.15) is 0 Å². The highest BCUT2D eigenvalue weighted by Gasteiger charge is 2.19. The Kier molecular flexibility index (Phi) is 7.41. The minimum Gasteiger partial charge on any atom is -0.454 e. The van der Waals surface area contributed by atoms with E-state index in [1.165, 1.54) is 6.92 Å². The lowest BCUT2D eigenvalue weighted by Crippen LogP contribution is -2.47. The van der Waals surface area contributed by atoms with E-state index in [0.717, 1.165) is 43.9 Å². The summed E-state index contributed by atoms with van der Waals surface area (Å²) in [6.07, 6.45) is -0.446. The van der Waals surface area contributed by atoms with Gasteiger partial charge in [-0.3, -0.25) is 14.5 Å². The van der Waals surface area contributed by atoms with Crippen LogP contribution in [0.4, 0.5) is 5.69 Å². The van der Waals surface area contributed by atoms with Gasteiger partial charge < -0.3 is 15.0 Å². The molecule has 0 radical (unpaired) electrons. The summed E-state index contributed by atoms with van der Waals surface area (Å²) in [4.78, 5) is 39.4. The average molecular weight is 424 g/mol. The molecule has 31 heavy (non-hydrogen) atoms. The minimum absolute atomic E-state index is 0.124. The van der Waals surface area contributed by atoms with Crippen molar-refractivity contribution >= 4 is 23.5 Å². The molecule has 1 aliphatic heterocycles. The number of hydrogen-bond donors (Lipinski definition) is 1. The van der Waals surface area contributed by atoms with E-state index in [1.807, 2.05) is 29.2 Å².